The molecule has 1 aromatic carbocycles. The fourth-order valence-electron chi connectivity index (χ4n) is 1.49. The third-order valence-electron chi connectivity index (χ3n) is 2.26. The normalized spacial score (nSPS) is 12.5. The van der Waals surface area contributed by atoms with E-state index in [0.29, 0.717) is 6.42 Å². The Kier molecular flexibility index (Phi) is 4.97. The maximum Gasteiger partial charge on any atom is 0.335 e. The van der Waals surface area contributed by atoms with Crippen LogP contribution < -0.4 is 0 Å². The molecule has 0 radical (unpaired) electrons. The zero-order chi connectivity index (χ0) is 12.8. The summed E-state index contributed by atoms with van der Waals surface area (Å²) in [6.45, 7) is 3.74. The molecule has 0 aliphatic carbocycles. The van der Waals surface area contributed by atoms with Gasteiger partial charge in [-0.2, -0.15) is 0 Å². The second-order valence-electron chi connectivity index (χ2n) is 4.07. The topological polar surface area (TPSA) is 55.8 Å². The van der Waals surface area contributed by atoms with E-state index >= 15 is 0 Å². The maximum absolute atomic E-state index is 11.5. The van der Waals surface area contributed by atoms with Crippen molar-refractivity contribution in [1.29, 1.82) is 0 Å². The zero-order valence-corrected chi connectivity index (χ0v) is 10.3. The Morgan fingerprint density at radius 2 is 1.88 bits per heavy atom. The summed E-state index contributed by atoms with van der Waals surface area (Å²) in [5.41, 5.74) is 0.916. The fraction of sp³-hybridized carbons (Fsp3) is 0.462. The lowest BCUT2D eigenvalue weighted by molar-refractivity contribution is -0.156. The molecule has 17 heavy (non-hydrogen) atoms. The summed E-state index contributed by atoms with van der Waals surface area (Å²) < 4.78 is 10.2. The molecule has 0 spiro atoms. The van der Waals surface area contributed by atoms with E-state index in [1.54, 1.807) is 24.3 Å². The molecule has 0 aliphatic heterocycles. The van der Waals surface area contributed by atoms with Crippen molar-refractivity contribution in [3.63, 3.8) is 0 Å². The minimum Gasteiger partial charge on any atom is -0.508 e. The van der Waals surface area contributed by atoms with Gasteiger partial charge in [-0.3, -0.25) is 0 Å². The highest BCUT2D eigenvalue weighted by Gasteiger charge is 2.21. The van der Waals surface area contributed by atoms with Crippen LogP contribution >= 0.6 is 0 Å². The minimum absolute atomic E-state index is 0.0452. The third-order valence-corrected chi connectivity index (χ3v) is 2.26. The van der Waals surface area contributed by atoms with E-state index in [1.807, 2.05) is 13.8 Å². The summed E-state index contributed by atoms with van der Waals surface area (Å²) in [5, 5.41) is 9.17. The Bertz CT molecular complexity index is 356. The molecule has 0 unspecified atom stereocenters. The fourth-order valence-corrected chi connectivity index (χ4v) is 1.49. The second kappa shape index (κ2) is 6.25. The lowest BCUT2D eigenvalue weighted by atomic mass is 10.1. The number of carbonyl (C=O) groups excluding carboxylic acids is 1. The first-order valence-electron chi connectivity index (χ1n) is 5.54. The first kappa shape index (κ1) is 13.5. The van der Waals surface area contributed by atoms with Crippen molar-refractivity contribution in [1.82, 2.24) is 0 Å². The molecular weight excluding hydrogens is 220 g/mol. The van der Waals surface area contributed by atoms with Gasteiger partial charge in [0.05, 0.1) is 13.2 Å². The van der Waals surface area contributed by atoms with E-state index in [4.69, 9.17) is 14.6 Å². The number of ether oxygens (including phenoxy) is 2. The van der Waals surface area contributed by atoms with Gasteiger partial charge in [-0.25, -0.2) is 4.79 Å². The van der Waals surface area contributed by atoms with Gasteiger partial charge >= 0.3 is 5.97 Å². The molecule has 4 nitrogen and oxygen atoms in total. The molecule has 4 heteroatoms. The monoisotopic (exact) mass is 238 g/mol. The number of methoxy groups -OCH3 is 1. The highest BCUT2D eigenvalue weighted by Crippen LogP contribution is 2.14. The number of esters is 1. The third kappa shape index (κ3) is 4.44. The van der Waals surface area contributed by atoms with Gasteiger partial charge in [0, 0.05) is 6.42 Å². The predicted molar refractivity (Wildman–Crippen MR) is 63.8 cm³/mol. The highest BCUT2D eigenvalue weighted by molar-refractivity contribution is 5.75. The summed E-state index contributed by atoms with van der Waals surface area (Å²) in [6, 6.07) is 6.68. The van der Waals surface area contributed by atoms with E-state index in [0.717, 1.165) is 5.56 Å². The van der Waals surface area contributed by atoms with Gasteiger partial charge < -0.3 is 14.6 Å². The van der Waals surface area contributed by atoms with Crippen molar-refractivity contribution < 1.29 is 19.4 Å². The summed E-state index contributed by atoms with van der Waals surface area (Å²) in [6.07, 6.45) is -0.216. The predicted octanol–water partition coefficient (Wildman–Crippen LogP) is 1.90. The molecule has 1 aromatic rings. The Labute approximate surface area is 101 Å². The van der Waals surface area contributed by atoms with Crippen LogP contribution in [0.2, 0.25) is 0 Å². The largest absolute Gasteiger partial charge is 0.508 e. The number of phenolic OH excluding ortho intramolecular Hbond substituents is 1. The first-order valence-corrected chi connectivity index (χ1v) is 5.54. The molecule has 0 aromatic heterocycles. The molecule has 0 saturated heterocycles. The highest BCUT2D eigenvalue weighted by atomic mass is 16.6. The first-order chi connectivity index (χ1) is 8.02. The maximum atomic E-state index is 11.5. The molecule has 0 saturated carbocycles. The SMILES string of the molecule is COC(=O)[C@H](Cc1ccc(O)cc1)OC(C)C. The van der Waals surface area contributed by atoms with Gasteiger partial charge in [-0.05, 0) is 31.5 Å². The van der Waals surface area contributed by atoms with Crippen LogP contribution in [0.4, 0.5) is 0 Å². The lowest BCUT2D eigenvalue weighted by Gasteiger charge is -2.18. The number of aromatic hydroxyl groups is 1. The van der Waals surface area contributed by atoms with Crippen LogP contribution in [0.3, 0.4) is 0 Å². The number of benzene rings is 1. The number of carbonyl (C=O) groups is 1. The number of hydrogen-bond acceptors (Lipinski definition) is 4. The van der Waals surface area contributed by atoms with E-state index in [9.17, 15) is 4.79 Å². The van der Waals surface area contributed by atoms with Crippen molar-refractivity contribution in [3.8, 4) is 5.75 Å². The van der Waals surface area contributed by atoms with Crippen molar-refractivity contribution in [3.05, 3.63) is 29.8 Å². The molecule has 1 N–H and O–H groups in total. The average Bonchev–Trinajstić information content (AvgIpc) is 2.29. The van der Waals surface area contributed by atoms with Crippen LogP contribution in [0.5, 0.6) is 5.75 Å². The molecule has 94 valence electrons. The van der Waals surface area contributed by atoms with Crippen molar-refractivity contribution >= 4 is 5.97 Å². The molecule has 1 atom stereocenters. The molecule has 0 aliphatic rings. The number of hydrogen-bond donors (Lipinski definition) is 1. The van der Waals surface area contributed by atoms with Gasteiger partial charge in [-0.15, -0.1) is 0 Å². The quantitative estimate of drug-likeness (QED) is 0.796. The van der Waals surface area contributed by atoms with Crippen LogP contribution in [0, 0.1) is 0 Å². The summed E-state index contributed by atoms with van der Waals surface area (Å²) in [7, 11) is 1.34. The van der Waals surface area contributed by atoms with Crippen LogP contribution in [0.15, 0.2) is 24.3 Å². The molecular formula is C13H18O4. The Morgan fingerprint density at radius 1 is 1.29 bits per heavy atom. The minimum atomic E-state index is -0.607. The van der Waals surface area contributed by atoms with Gasteiger partial charge in [0.25, 0.3) is 0 Å². The standard InChI is InChI=1S/C13H18O4/c1-9(2)17-12(13(15)16-3)8-10-4-6-11(14)7-5-10/h4-7,9,12,14H,8H2,1-3H3/t12-/m0/s1. The summed E-state index contributed by atoms with van der Waals surface area (Å²) in [5.74, 6) is -0.181. The van der Waals surface area contributed by atoms with E-state index < -0.39 is 6.10 Å². The second-order valence-corrected chi connectivity index (χ2v) is 4.07. The summed E-state index contributed by atoms with van der Waals surface area (Å²) >= 11 is 0. The van der Waals surface area contributed by atoms with Gasteiger partial charge in [0.1, 0.15) is 5.75 Å². The Hall–Kier alpha value is -1.55. The average molecular weight is 238 g/mol. The smallest absolute Gasteiger partial charge is 0.335 e. The Morgan fingerprint density at radius 3 is 2.35 bits per heavy atom. The zero-order valence-electron chi connectivity index (χ0n) is 10.3. The van der Waals surface area contributed by atoms with Crippen molar-refractivity contribution in [2.75, 3.05) is 7.11 Å². The number of phenols is 1. The van der Waals surface area contributed by atoms with Crippen molar-refractivity contribution in [2.24, 2.45) is 0 Å². The molecule has 1 rings (SSSR count). The molecule has 0 bridgehead atoms. The van der Waals surface area contributed by atoms with Gasteiger partial charge in [0.15, 0.2) is 6.10 Å². The Balaban J connectivity index is 2.71. The molecule has 0 amide bonds. The van der Waals surface area contributed by atoms with Crippen LogP contribution in [-0.2, 0) is 20.7 Å². The number of rotatable bonds is 5. The summed E-state index contributed by atoms with van der Waals surface area (Å²) in [4.78, 5) is 11.5. The lowest BCUT2D eigenvalue weighted by Crippen LogP contribution is -2.30. The van der Waals surface area contributed by atoms with E-state index in [1.165, 1.54) is 7.11 Å². The van der Waals surface area contributed by atoms with Crippen LogP contribution in [-0.4, -0.2) is 30.4 Å². The molecule has 0 fully saturated rings. The van der Waals surface area contributed by atoms with E-state index in [-0.39, 0.29) is 17.8 Å². The van der Waals surface area contributed by atoms with Crippen LogP contribution in [0.25, 0.3) is 0 Å². The van der Waals surface area contributed by atoms with Gasteiger partial charge in [0.2, 0.25) is 0 Å². The van der Waals surface area contributed by atoms with Crippen LogP contribution in [0.1, 0.15) is 19.4 Å². The van der Waals surface area contributed by atoms with Gasteiger partial charge in [-0.1, -0.05) is 12.1 Å². The molecule has 0 heterocycles. The van der Waals surface area contributed by atoms with Crippen molar-refractivity contribution in [2.45, 2.75) is 32.5 Å². The van der Waals surface area contributed by atoms with E-state index in [2.05, 4.69) is 0 Å².